The molecule has 18 heavy (non-hydrogen) atoms. The second kappa shape index (κ2) is 4.23. The van der Waals surface area contributed by atoms with E-state index in [1.807, 2.05) is 0 Å². The molecule has 3 aliphatic carbocycles. The zero-order valence-corrected chi connectivity index (χ0v) is 12.1. The lowest BCUT2D eigenvalue weighted by molar-refractivity contribution is 0.0228. The molecule has 0 aromatic carbocycles. The van der Waals surface area contributed by atoms with Crippen molar-refractivity contribution in [3.05, 3.63) is 22.3 Å². The maximum Gasteiger partial charge on any atom is 0.0899 e. The summed E-state index contributed by atoms with van der Waals surface area (Å²) in [5.41, 5.74) is 5.53. The van der Waals surface area contributed by atoms with Crippen molar-refractivity contribution in [1.82, 2.24) is 0 Å². The van der Waals surface area contributed by atoms with Crippen LogP contribution in [0.2, 0.25) is 0 Å². The van der Waals surface area contributed by atoms with Crippen molar-refractivity contribution in [2.24, 2.45) is 11.8 Å². The van der Waals surface area contributed by atoms with Crippen LogP contribution in [0.5, 0.6) is 0 Å². The summed E-state index contributed by atoms with van der Waals surface area (Å²) in [4.78, 5) is 0. The van der Waals surface area contributed by atoms with Crippen LogP contribution in [0.25, 0.3) is 0 Å². The normalized spacial score (nSPS) is 40.7. The molecule has 0 aromatic rings. The van der Waals surface area contributed by atoms with Crippen molar-refractivity contribution in [3.63, 3.8) is 0 Å². The maximum atomic E-state index is 11.2. The SMILES string of the molecule is CC1=C2C[C@](O)(C3=C(C)CCC3)C[C@@H](C)[C@H]2CC1. The minimum atomic E-state index is -0.503. The molecule has 0 aliphatic heterocycles. The fourth-order valence-electron chi connectivity index (χ4n) is 4.75. The Kier molecular flexibility index (Phi) is 2.93. The van der Waals surface area contributed by atoms with Gasteiger partial charge in [-0.1, -0.05) is 23.6 Å². The van der Waals surface area contributed by atoms with E-state index in [4.69, 9.17) is 0 Å². The molecule has 1 fully saturated rings. The van der Waals surface area contributed by atoms with Gasteiger partial charge in [0.1, 0.15) is 0 Å². The van der Waals surface area contributed by atoms with Gasteiger partial charge in [-0.2, -0.15) is 0 Å². The zero-order valence-electron chi connectivity index (χ0n) is 12.1. The molecule has 0 radical (unpaired) electrons. The summed E-state index contributed by atoms with van der Waals surface area (Å²) in [6, 6.07) is 0. The Hall–Kier alpha value is -0.560. The van der Waals surface area contributed by atoms with Gasteiger partial charge in [-0.15, -0.1) is 0 Å². The van der Waals surface area contributed by atoms with Gasteiger partial charge < -0.3 is 5.11 Å². The highest BCUT2D eigenvalue weighted by Gasteiger charge is 2.45. The molecule has 3 atom stereocenters. The molecule has 100 valence electrons. The summed E-state index contributed by atoms with van der Waals surface area (Å²) in [5, 5.41) is 11.2. The van der Waals surface area contributed by atoms with E-state index >= 15 is 0 Å². The lowest BCUT2D eigenvalue weighted by atomic mass is 9.67. The van der Waals surface area contributed by atoms with Crippen LogP contribution in [0.3, 0.4) is 0 Å². The van der Waals surface area contributed by atoms with Crippen molar-refractivity contribution in [1.29, 1.82) is 0 Å². The summed E-state index contributed by atoms with van der Waals surface area (Å²) < 4.78 is 0. The van der Waals surface area contributed by atoms with Gasteiger partial charge in [0.15, 0.2) is 0 Å². The fourth-order valence-corrected chi connectivity index (χ4v) is 4.75. The molecule has 0 amide bonds. The van der Waals surface area contributed by atoms with Crippen LogP contribution in [0, 0.1) is 11.8 Å². The maximum absolute atomic E-state index is 11.2. The number of fused-ring (bicyclic) bond motifs is 1. The van der Waals surface area contributed by atoms with Gasteiger partial charge in [-0.05, 0) is 69.8 Å². The monoisotopic (exact) mass is 246 g/mol. The van der Waals surface area contributed by atoms with Gasteiger partial charge in [0.25, 0.3) is 0 Å². The van der Waals surface area contributed by atoms with Gasteiger partial charge in [0, 0.05) is 6.42 Å². The van der Waals surface area contributed by atoms with Crippen molar-refractivity contribution in [2.45, 2.75) is 71.3 Å². The number of rotatable bonds is 1. The number of hydrogen-bond acceptors (Lipinski definition) is 1. The van der Waals surface area contributed by atoms with Crippen LogP contribution in [-0.4, -0.2) is 10.7 Å². The molecule has 1 saturated carbocycles. The lowest BCUT2D eigenvalue weighted by Crippen LogP contribution is -2.40. The first kappa shape index (κ1) is 12.5. The molecule has 0 heterocycles. The summed E-state index contributed by atoms with van der Waals surface area (Å²) in [6.45, 7) is 6.86. The minimum Gasteiger partial charge on any atom is -0.385 e. The predicted molar refractivity (Wildman–Crippen MR) is 75.3 cm³/mol. The Morgan fingerprint density at radius 3 is 2.56 bits per heavy atom. The molecule has 0 bridgehead atoms. The molecule has 3 aliphatic rings. The third kappa shape index (κ3) is 1.79. The van der Waals surface area contributed by atoms with E-state index in [0.717, 1.165) is 25.2 Å². The Morgan fingerprint density at radius 2 is 1.89 bits per heavy atom. The highest BCUT2D eigenvalue weighted by molar-refractivity contribution is 5.35. The number of aliphatic hydroxyl groups is 1. The van der Waals surface area contributed by atoms with E-state index in [1.54, 1.807) is 11.1 Å². The lowest BCUT2D eigenvalue weighted by Gasteiger charge is -2.42. The number of hydrogen-bond donors (Lipinski definition) is 1. The average Bonchev–Trinajstić information content (AvgIpc) is 2.87. The molecule has 0 unspecified atom stereocenters. The summed E-state index contributed by atoms with van der Waals surface area (Å²) in [5.74, 6) is 1.42. The minimum absolute atomic E-state index is 0.503. The molecule has 1 nitrogen and oxygen atoms in total. The standard InChI is InChI=1S/C17H26O/c1-11-7-8-14-13(3)9-17(18,10-15(11)14)16-6-4-5-12(16)2/h13-14,18H,4-10H2,1-3H3/t13-,14-,17+/m1/s1. The Labute approximate surface area is 111 Å². The third-order valence-electron chi connectivity index (χ3n) is 5.71. The van der Waals surface area contributed by atoms with Crippen molar-refractivity contribution >= 4 is 0 Å². The van der Waals surface area contributed by atoms with Gasteiger partial charge in [0.05, 0.1) is 5.60 Å². The van der Waals surface area contributed by atoms with Gasteiger partial charge >= 0.3 is 0 Å². The third-order valence-corrected chi connectivity index (χ3v) is 5.71. The smallest absolute Gasteiger partial charge is 0.0899 e. The van der Waals surface area contributed by atoms with Crippen LogP contribution in [0.4, 0.5) is 0 Å². The molecule has 1 heteroatoms. The van der Waals surface area contributed by atoms with Crippen LogP contribution >= 0.6 is 0 Å². The topological polar surface area (TPSA) is 20.2 Å². The molecule has 1 N–H and O–H groups in total. The summed E-state index contributed by atoms with van der Waals surface area (Å²) >= 11 is 0. The van der Waals surface area contributed by atoms with Gasteiger partial charge in [0.2, 0.25) is 0 Å². The van der Waals surface area contributed by atoms with Crippen LogP contribution in [0.1, 0.15) is 65.7 Å². The van der Waals surface area contributed by atoms with E-state index in [1.165, 1.54) is 36.8 Å². The Balaban J connectivity index is 1.95. The first-order valence-electron chi connectivity index (χ1n) is 7.61. The first-order chi connectivity index (χ1) is 8.51. The largest absolute Gasteiger partial charge is 0.385 e. The van der Waals surface area contributed by atoms with Crippen LogP contribution < -0.4 is 0 Å². The fraction of sp³-hybridized carbons (Fsp3) is 0.765. The highest BCUT2D eigenvalue weighted by atomic mass is 16.3. The molecule has 0 aromatic heterocycles. The zero-order chi connectivity index (χ0) is 12.9. The van der Waals surface area contributed by atoms with E-state index in [2.05, 4.69) is 20.8 Å². The van der Waals surface area contributed by atoms with E-state index < -0.39 is 5.60 Å². The molecular formula is C17H26O. The van der Waals surface area contributed by atoms with E-state index in [9.17, 15) is 5.11 Å². The van der Waals surface area contributed by atoms with Gasteiger partial charge in [-0.3, -0.25) is 0 Å². The van der Waals surface area contributed by atoms with E-state index in [0.29, 0.717) is 5.92 Å². The molecular weight excluding hydrogens is 220 g/mol. The Morgan fingerprint density at radius 1 is 1.11 bits per heavy atom. The van der Waals surface area contributed by atoms with Crippen molar-refractivity contribution in [3.8, 4) is 0 Å². The molecule has 0 saturated heterocycles. The second-order valence-electron chi connectivity index (χ2n) is 6.95. The summed E-state index contributed by atoms with van der Waals surface area (Å²) in [6.07, 6.45) is 8.09. The Bertz CT molecular complexity index is 429. The quantitative estimate of drug-likeness (QED) is 0.681. The van der Waals surface area contributed by atoms with Crippen LogP contribution in [-0.2, 0) is 0 Å². The highest BCUT2D eigenvalue weighted by Crippen LogP contribution is 2.52. The van der Waals surface area contributed by atoms with Gasteiger partial charge in [-0.25, -0.2) is 0 Å². The molecule has 0 spiro atoms. The average molecular weight is 246 g/mol. The van der Waals surface area contributed by atoms with E-state index in [-0.39, 0.29) is 0 Å². The van der Waals surface area contributed by atoms with Crippen molar-refractivity contribution < 1.29 is 5.11 Å². The second-order valence-corrected chi connectivity index (χ2v) is 6.95. The van der Waals surface area contributed by atoms with Crippen LogP contribution in [0.15, 0.2) is 22.3 Å². The summed E-state index contributed by atoms with van der Waals surface area (Å²) in [7, 11) is 0. The van der Waals surface area contributed by atoms with Crippen molar-refractivity contribution in [2.75, 3.05) is 0 Å². The molecule has 3 rings (SSSR count). The first-order valence-corrected chi connectivity index (χ1v) is 7.61. The number of allylic oxidation sites excluding steroid dienone is 2. The predicted octanol–water partition coefficient (Wildman–Crippen LogP) is 4.37.